The van der Waals surface area contributed by atoms with Crippen LogP contribution in [-0.4, -0.2) is 49.6 Å². The number of rotatable bonds is 7. The van der Waals surface area contributed by atoms with Crippen molar-refractivity contribution in [3.63, 3.8) is 0 Å². The molecule has 0 aromatic heterocycles. The molecule has 0 spiro atoms. The average molecular weight is 253 g/mol. The monoisotopic (exact) mass is 253 g/mol. The highest BCUT2D eigenvalue weighted by Crippen LogP contribution is 2.22. The molecule has 0 atom stereocenters. The number of benzene rings is 1. The predicted octanol–water partition coefficient (Wildman–Crippen LogP) is 1.14. The van der Waals surface area contributed by atoms with Gasteiger partial charge in [-0.1, -0.05) is 6.07 Å². The third kappa shape index (κ3) is 3.72. The molecule has 0 aliphatic rings. The Morgan fingerprint density at radius 2 is 2.11 bits per heavy atom. The van der Waals surface area contributed by atoms with Crippen LogP contribution in [-0.2, 0) is 4.74 Å². The molecule has 5 heteroatoms. The molecule has 0 radical (unpaired) electrons. The SMILES string of the molecule is COCCN(CCO)c1cc(C)ccc1C(=O)O. The van der Waals surface area contributed by atoms with Gasteiger partial charge in [-0.05, 0) is 24.6 Å². The molecule has 0 amide bonds. The van der Waals surface area contributed by atoms with Gasteiger partial charge in [0.15, 0.2) is 0 Å². The van der Waals surface area contributed by atoms with Crippen molar-refractivity contribution in [2.75, 3.05) is 38.3 Å². The molecule has 100 valence electrons. The predicted molar refractivity (Wildman–Crippen MR) is 69.3 cm³/mol. The highest BCUT2D eigenvalue weighted by atomic mass is 16.5. The minimum absolute atomic E-state index is 0.0310. The van der Waals surface area contributed by atoms with Crippen molar-refractivity contribution >= 4 is 11.7 Å². The zero-order valence-corrected chi connectivity index (χ0v) is 10.7. The Kier molecular flexibility index (Phi) is 5.61. The smallest absolute Gasteiger partial charge is 0.337 e. The van der Waals surface area contributed by atoms with Crippen LogP contribution in [0.4, 0.5) is 5.69 Å². The number of hydrogen-bond donors (Lipinski definition) is 2. The second kappa shape index (κ2) is 6.98. The van der Waals surface area contributed by atoms with Crippen LogP contribution in [0, 0.1) is 6.92 Å². The molecule has 0 saturated heterocycles. The summed E-state index contributed by atoms with van der Waals surface area (Å²) < 4.78 is 5.00. The zero-order valence-electron chi connectivity index (χ0n) is 10.7. The summed E-state index contributed by atoms with van der Waals surface area (Å²) in [5, 5.41) is 18.2. The van der Waals surface area contributed by atoms with Gasteiger partial charge in [-0.2, -0.15) is 0 Å². The van der Waals surface area contributed by atoms with E-state index in [0.717, 1.165) is 5.56 Å². The van der Waals surface area contributed by atoms with Gasteiger partial charge in [-0.15, -0.1) is 0 Å². The summed E-state index contributed by atoms with van der Waals surface area (Å²) in [6.45, 7) is 3.28. The summed E-state index contributed by atoms with van der Waals surface area (Å²) in [6.07, 6.45) is 0. The first-order chi connectivity index (χ1) is 8.60. The summed E-state index contributed by atoms with van der Waals surface area (Å²) in [5.41, 5.74) is 1.84. The maximum atomic E-state index is 11.2. The number of hydrogen-bond acceptors (Lipinski definition) is 4. The van der Waals surface area contributed by atoms with Crippen molar-refractivity contribution in [2.45, 2.75) is 6.92 Å². The molecule has 1 aromatic carbocycles. The van der Waals surface area contributed by atoms with Crippen molar-refractivity contribution in [1.82, 2.24) is 0 Å². The number of carboxylic acids is 1. The lowest BCUT2D eigenvalue weighted by atomic mass is 10.1. The fourth-order valence-electron chi connectivity index (χ4n) is 1.76. The zero-order chi connectivity index (χ0) is 13.5. The Morgan fingerprint density at radius 1 is 1.39 bits per heavy atom. The van der Waals surface area contributed by atoms with Gasteiger partial charge >= 0.3 is 5.97 Å². The van der Waals surface area contributed by atoms with E-state index in [0.29, 0.717) is 25.4 Å². The van der Waals surface area contributed by atoms with E-state index in [1.54, 1.807) is 19.2 Å². The molecule has 0 saturated carbocycles. The highest BCUT2D eigenvalue weighted by Gasteiger charge is 2.15. The maximum Gasteiger partial charge on any atom is 0.337 e. The first-order valence-electron chi connectivity index (χ1n) is 5.78. The molecule has 0 heterocycles. The van der Waals surface area contributed by atoms with Gasteiger partial charge in [0.25, 0.3) is 0 Å². The van der Waals surface area contributed by atoms with Crippen LogP contribution in [0.25, 0.3) is 0 Å². The largest absolute Gasteiger partial charge is 0.478 e. The number of methoxy groups -OCH3 is 1. The quantitative estimate of drug-likeness (QED) is 0.762. The van der Waals surface area contributed by atoms with E-state index in [4.69, 9.17) is 9.84 Å². The van der Waals surface area contributed by atoms with E-state index in [1.165, 1.54) is 0 Å². The van der Waals surface area contributed by atoms with Crippen LogP contribution < -0.4 is 4.90 Å². The Morgan fingerprint density at radius 3 is 2.67 bits per heavy atom. The normalized spacial score (nSPS) is 10.4. The van der Waals surface area contributed by atoms with Gasteiger partial charge in [-0.3, -0.25) is 0 Å². The topological polar surface area (TPSA) is 70.0 Å². The summed E-state index contributed by atoms with van der Waals surface area (Å²) in [5.74, 6) is -0.967. The molecule has 18 heavy (non-hydrogen) atoms. The molecule has 0 unspecified atom stereocenters. The average Bonchev–Trinajstić information content (AvgIpc) is 2.34. The lowest BCUT2D eigenvalue weighted by Crippen LogP contribution is -2.31. The van der Waals surface area contributed by atoms with Crippen molar-refractivity contribution in [3.05, 3.63) is 29.3 Å². The second-order valence-corrected chi connectivity index (χ2v) is 4.03. The summed E-state index contributed by atoms with van der Waals surface area (Å²) in [4.78, 5) is 13.0. The molecule has 1 rings (SSSR count). The standard InChI is InChI=1S/C13H19NO4/c1-10-3-4-11(13(16)17)12(9-10)14(5-7-15)6-8-18-2/h3-4,9,15H,5-8H2,1-2H3,(H,16,17). The van der Waals surface area contributed by atoms with Gasteiger partial charge in [0.1, 0.15) is 0 Å². The summed E-state index contributed by atoms with van der Waals surface area (Å²) in [7, 11) is 1.59. The molecule has 0 bridgehead atoms. The second-order valence-electron chi connectivity index (χ2n) is 4.03. The van der Waals surface area contributed by atoms with Gasteiger partial charge in [-0.25, -0.2) is 4.79 Å². The number of anilines is 1. The number of aliphatic hydroxyl groups excluding tert-OH is 1. The van der Waals surface area contributed by atoms with Crippen molar-refractivity contribution in [1.29, 1.82) is 0 Å². The highest BCUT2D eigenvalue weighted by molar-refractivity contribution is 5.94. The number of aliphatic hydroxyl groups is 1. The van der Waals surface area contributed by atoms with Crippen molar-refractivity contribution in [3.8, 4) is 0 Å². The first kappa shape index (κ1) is 14.5. The molecule has 5 nitrogen and oxygen atoms in total. The van der Waals surface area contributed by atoms with Crippen molar-refractivity contribution in [2.24, 2.45) is 0 Å². The summed E-state index contributed by atoms with van der Waals surface area (Å²) in [6, 6.07) is 5.17. The molecule has 1 aromatic rings. The molecule has 0 aliphatic heterocycles. The Hall–Kier alpha value is -1.59. The molecule has 0 fully saturated rings. The minimum Gasteiger partial charge on any atom is -0.478 e. The van der Waals surface area contributed by atoms with Gasteiger partial charge in [0.05, 0.1) is 24.5 Å². The summed E-state index contributed by atoms with van der Waals surface area (Å²) >= 11 is 0. The third-order valence-electron chi connectivity index (χ3n) is 2.66. The number of aryl methyl sites for hydroxylation is 1. The van der Waals surface area contributed by atoms with E-state index in [2.05, 4.69) is 0 Å². The number of ether oxygens (including phenoxy) is 1. The van der Waals surface area contributed by atoms with E-state index in [-0.39, 0.29) is 12.2 Å². The van der Waals surface area contributed by atoms with Crippen LogP contribution in [0.15, 0.2) is 18.2 Å². The van der Waals surface area contributed by atoms with Crippen molar-refractivity contribution < 1.29 is 19.7 Å². The Bertz CT molecular complexity index is 406. The fourth-order valence-corrected chi connectivity index (χ4v) is 1.76. The minimum atomic E-state index is -0.967. The maximum absolute atomic E-state index is 11.2. The van der Waals surface area contributed by atoms with Crippen LogP contribution in [0.1, 0.15) is 15.9 Å². The van der Waals surface area contributed by atoms with E-state index < -0.39 is 5.97 Å². The fraction of sp³-hybridized carbons (Fsp3) is 0.462. The van der Waals surface area contributed by atoms with E-state index in [9.17, 15) is 9.90 Å². The molecular weight excluding hydrogens is 234 g/mol. The third-order valence-corrected chi connectivity index (χ3v) is 2.66. The number of carboxylic acid groups (broad SMARTS) is 1. The Labute approximate surface area is 107 Å². The number of nitrogens with zero attached hydrogens (tertiary/aromatic N) is 1. The van der Waals surface area contributed by atoms with Gasteiger partial charge in [0, 0.05) is 20.2 Å². The number of aromatic carboxylic acids is 1. The van der Waals surface area contributed by atoms with Gasteiger partial charge < -0.3 is 19.8 Å². The van der Waals surface area contributed by atoms with Crippen LogP contribution >= 0.6 is 0 Å². The van der Waals surface area contributed by atoms with Crippen LogP contribution in [0.5, 0.6) is 0 Å². The lowest BCUT2D eigenvalue weighted by Gasteiger charge is -2.25. The Balaban J connectivity index is 3.07. The molecule has 2 N–H and O–H groups in total. The van der Waals surface area contributed by atoms with E-state index >= 15 is 0 Å². The van der Waals surface area contributed by atoms with Gasteiger partial charge in [0.2, 0.25) is 0 Å². The molecule has 0 aliphatic carbocycles. The first-order valence-corrected chi connectivity index (χ1v) is 5.78. The van der Waals surface area contributed by atoms with E-state index in [1.807, 2.05) is 17.9 Å². The van der Waals surface area contributed by atoms with Crippen LogP contribution in [0.3, 0.4) is 0 Å². The number of carbonyl (C=O) groups is 1. The van der Waals surface area contributed by atoms with Crippen LogP contribution in [0.2, 0.25) is 0 Å². The molecular formula is C13H19NO4. The lowest BCUT2D eigenvalue weighted by molar-refractivity contribution is 0.0697.